The van der Waals surface area contributed by atoms with E-state index in [1.54, 1.807) is 12.1 Å². The van der Waals surface area contributed by atoms with Crippen LogP contribution in [0.25, 0.3) is 0 Å². The number of ketones is 1. The highest BCUT2D eigenvalue weighted by Gasteiger charge is 2.15. The van der Waals surface area contributed by atoms with Crippen LogP contribution < -0.4 is 0 Å². The first-order valence-electron chi connectivity index (χ1n) is 6.66. The minimum Gasteiger partial charge on any atom is -0.294 e. The molecule has 0 saturated heterocycles. The molecule has 1 fully saturated rings. The molecule has 0 spiro atoms. The lowest BCUT2D eigenvalue weighted by atomic mass is 10.1. The van der Waals surface area contributed by atoms with E-state index in [2.05, 4.69) is 0 Å². The number of halogens is 1. The second-order valence-electron chi connectivity index (χ2n) is 4.81. The van der Waals surface area contributed by atoms with Gasteiger partial charge in [0.15, 0.2) is 5.78 Å². The quantitative estimate of drug-likeness (QED) is 0.558. The third-order valence-corrected chi connectivity index (χ3v) is 4.84. The molecule has 0 atom stereocenters. The molecule has 0 bridgehead atoms. The van der Waals surface area contributed by atoms with Crippen LogP contribution in [0.2, 0.25) is 0 Å². The lowest BCUT2D eigenvalue weighted by Crippen LogP contribution is -2.01. The summed E-state index contributed by atoms with van der Waals surface area (Å²) in [6.45, 7) is 0. The number of hydrogen-bond donors (Lipinski definition) is 0. The first-order valence-corrected chi connectivity index (χ1v) is 7.71. The Hall–Kier alpha value is -0.830. The molecule has 0 heterocycles. The first kappa shape index (κ1) is 13.6. The molecule has 0 radical (unpaired) electrons. The summed E-state index contributed by atoms with van der Waals surface area (Å²) in [7, 11) is 0. The second kappa shape index (κ2) is 6.93. The zero-order chi connectivity index (χ0) is 12.8. The van der Waals surface area contributed by atoms with Crippen LogP contribution in [0.1, 0.15) is 48.9 Å². The predicted octanol–water partition coefficient (Wildman–Crippen LogP) is 4.46. The minimum absolute atomic E-state index is 0.127. The zero-order valence-corrected chi connectivity index (χ0v) is 11.3. The predicted molar refractivity (Wildman–Crippen MR) is 74.7 cm³/mol. The molecule has 0 aliphatic heterocycles. The maximum Gasteiger partial charge on any atom is 0.162 e. The van der Waals surface area contributed by atoms with Crippen LogP contribution in [-0.2, 0) is 0 Å². The molecule has 0 aromatic heterocycles. The van der Waals surface area contributed by atoms with Crippen LogP contribution >= 0.6 is 11.8 Å². The summed E-state index contributed by atoms with van der Waals surface area (Å²) in [5.74, 6) is 0.905. The molecule has 1 nitrogen and oxygen atoms in total. The standard InChI is InChI=1S/C15H19FOS/c16-13-9-7-12(8-10-13)15(17)6-3-11-18-14-4-1-2-5-14/h7-10,14H,1-6,11H2. The highest BCUT2D eigenvalue weighted by atomic mass is 32.2. The summed E-state index contributed by atoms with van der Waals surface area (Å²) < 4.78 is 12.7. The average molecular weight is 266 g/mol. The maximum atomic E-state index is 12.7. The molecule has 1 aromatic carbocycles. The number of benzene rings is 1. The average Bonchev–Trinajstić information content (AvgIpc) is 2.88. The van der Waals surface area contributed by atoms with Gasteiger partial charge in [0, 0.05) is 17.2 Å². The number of carbonyl (C=O) groups is 1. The fourth-order valence-electron chi connectivity index (χ4n) is 2.32. The van der Waals surface area contributed by atoms with Crippen molar-refractivity contribution in [3.8, 4) is 0 Å². The monoisotopic (exact) mass is 266 g/mol. The van der Waals surface area contributed by atoms with E-state index >= 15 is 0 Å². The third-order valence-electron chi connectivity index (χ3n) is 3.37. The SMILES string of the molecule is O=C(CCCSC1CCCC1)c1ccc(F)cc1. The molecule has 0 unspecified atom stereocenters. The van der Waals surface area contributed by atoms with Gasteiger partial charge in [-0.25, -0.2) is 4.39 Å². The molecule has 1 aromatic rings. The number of carbonyl (C=O) groups excluding carboxylic acids is 1. The Morgan fingerprint density at radius 1 is 1.22 bits per heavy atom. The lowest BCUT2D eigenvalue weighted by Gasteiger charge is -2.07. The van der Waals surface area contributed by atoms with Crippen molar-refractivity contribution >= 4 is 17.5 Å². The van der Waals surface area contributed by atoms with Crippen LogP contribution in [0.5, 0.6) is 0 Å². The van der Waals surface area contributed by atoms with E-state index in [1.807, 2.05) is 11.8 Å². The molecule has 2 rings (SSSR count). The van der Waals surface area contributed by atoms with E-state index in [4.69, 9.17) is 0 Å². The van der Waals surface area contributed by atoms with E-state index < -0.39 is 0 Å². The lowest BCUT2D eigenvalue weighted by molar-refractivity contribution is 0.0982. The fourth-order valence-corrected chi connectivity index (χ4v) is 3.63. The molecule has 3 heteroatoms. The van der Waals surface area contributed by atoms with Crippen LogP contribution in [-0.4, -0.2) is 16.8 Å². The highest BCUT2D eigenvalue weighted by Crippen LogP contribution is 2.29. The zero-order valence-electron chi connectivity index (χ0n) is 10.5. The number of rotatable bonds is 6. The van der Waals surface area contributed by atoms with E-state index in [1.165, 1.54) is 37.8 Å². The van der Waals surface area contributed by atoms with Gasteiger partial charge < -0.3 is 0 Å². The van der Waals surface area contributed by atoms with Gasteiger partial charge in [-0.1, -0.05) is 12.8 Å². The summed E-state index contributed by atoms with van der Waals surface area (Å²) in [5, 5.41) is 0.825. The van der Waals surface area contributed by atoms with Gasteiger partial charge in [-0.05, 0) is 49.3 Å². The molecular weight excluding hydrogens is 247 g/mol. The molecular formula is C15H19FOS. The summed E-state index contributed by atoms with van der Waals surface area (Å²) in [6, 6.07) is 5.84. The van der Waals surface area contributed by atoms with Gasteiger partial charge in [-0.15, -0.1) is 0 Å². The molecule has 0 amide bonds. The van der Waals surface area contributed by atoms with Gasteiger partial charge >= 0.3 is 0 Å². The van der Waals surface area contributed by atoms with E-state index in [9.17, 15) is 9.18 Å². The van der Waals surface area contributed by atoms with Gasteiger partial charge in [0.1, 0.15) is 5.82 Å². The van der Waals surface area contributed by atoms with Crippen molar-refractivity contribution in [2.45, 2.75) is 43.8 Å². The molecule has 1 saturated carbocycles. The molecule has 98 valence electrons. The Balaban J connectivity index is 1.66. The van der Waals surface area contributed by atoms with Crippen molar-refractivity contribution in [2.24, 2.45) is 0 Å². The maximum absolute atomic E-state index is 12.7. The molecule has 1 aliphatic rings. The van der Waals surface area contributed by atoms with Gasteiger partial charge in [-0.2, -0.15) is 11.8 Å². The molecule has 0 N–H and O–H groups in total. The van der Waals surface area contributed by atoms with Gasteiger partial charge in [0.05, 0.1) is 0 Å². The van der Waals surface area contributed by atoms with Crippen molar-refractivity contribution in [1.29, 1.82) is 0 Å². The number of Topliss-reactive ketones (excluding diaryl/α,β-unsaturated/α-hetero) is 1. The van der Waals surface area contributed by atoms with Crippen LogP contribution in [0.4, 0.5) is 4.39 Å². The third kappa shape index (κ3) is 4.13. The Morgan fingerprint density at radius 2 is 1.89 bits per heavy atom. The van der Waals surface area contributed by atoms with Crippen LogP contribution in [0.15, 0.2) is 24.3 Å². The largest absolute Gasteiger partial charge is 0.294 e. The topological polar surface area (TPSA) is 17.1 Å². The van der Waals surface area contributed by atoms with Crippen molar-refractivity contribution in [3.05, 3.63) is 35.6 Å². The van der Waals surface area contributed by atoms with Crippen molar-refractivity contribution < 1.29 is 9.18 Å². The Bertz CT molecular complexity index is 382. The van der Waals surface area contributed by atoms with Crippen molar-refractivity contribution in [2.75, 3.05) is 5.75 Å². The second-order valence-corrected chi connectivity index (χ2v) is 6.22. The van der Waals surface area contributed by atoms with Gasteiger partial charge in [-0.3, -0.25) is 4.79 Å². The molecule has 18 heavy (non-hydrogen) atoms. The van der Waals surface area contributed by atoms with Crippen LogP contribution in [0.3, 0.4) is 0 Å². The smallest absolute Gasteiger partial charge is 0.162 e. The Labute approximate surface area is 112 Å². The number of thioether (sulfide) groups is 1. The highest BCUT2D eigenvalue weighted by molar-refractivity contribution is 7.99. The summed E-state index contributed by atoms with van der Waals surface area (Å²) in [6.07, 6.45) is 6.92. The fraction of sp³-hybridized carbons (Fsp3) is 0.533. The number of hydrogen-bond acceptors (Lipinski definition) is 2. The van der Waals surface area contributed by atoms with Crippen LogP contribution in [0, 0.1) is 5.82 Å². The van der Waals surface area contributed by atoms with E-state index in [0.29, 0.717) is 12.0 Å². The van der Waals surface area contributed by atoms with E-state index in [0.717, 1.165) is 17.4 Å². The van der Waals surface area contributed by atoms with Crippen molar-refractivity contribution in [3.63, 3.8) is 0 Å². The first-order chi connectivity index (χ1) is 8.75. The Morgan fingerprint density at radius 3 is 2.56 bits per heavy atom. The Kier molecular flexibility index (Phi) is 5.24. The van der Waals surface area contributed by atoms with Gasteiger partial charge in [0.2, 0.25) is 0 Å². The normalized spacial score (nSPS) is 16.1. The summed E-state index contributed by atoms with van der Waals surface area (Å²) in [4.78, 5) is 11.8. The van der Waals surface area contributed by atoms with E-state index in [-0.39, 0.29) is 11.6 Å². The minimum atomic E-state index is -0.289. The summed E-state index contributed by atoms with van der Waals surface area (Å²) >= 11 is 2.01. The molecule has 1 aliphatic carbocycles. The summed E-state index contributed by atoms with van der Waals surface area (Å²) in [5.41, 5.74) is 0.627. The van der Waals surface area contributed by atoms with Crippen molar-refractivity contribution in [1.82, 2.24) is 0 Å². The van der Waals surface area contributed by atoms with Gasteiger partial charge in [0.25, 0.3) is 0 Å².